The number of nitrogens with zero attached hydrogens (tertiary/aromatic N) is 5. The summed E-state index contributed by atoms with van der Waals surface area (Å²) in [6.45, 7) is 1.20. The van der Waals surface area contributed by atoms with E-state index in [0.717, 1.165) is 23.0 Å². The number of benzene rings is 1. The third kappa shape index (κ3) is 2.30. The lowest BCUT2D eigenvalue weighted by molar-refractivity contribution is 0.0959. The molecule has 2 aromatic heterocycles. The van der Waals surface area contributed by atoms with E-state index in [1.165, 1.54) is 0 Å². The molecular weight excluding hydrogens is 282 g/mol. The molecule has 7 heteroatoms. The zero-order valence-electron chi connectivity index (χ0n) is 12.1. The largest absolute Gasteiger partial charge is 0.486 e. The van der Waals surface area contributed by atoms with Crippen LogP contribution in [0.4, 0.5) is 5.82 Å². The zero-order chi connectivity index (χ0) is 14.9. The monoisotopic (exact) mass is 297 g/mol. The van der Waals surface area contributed by atoms with Crippen molar-refractivity contribution in [1.82, 2.24) is 19.8 Å². The minimum Gasteiger partial charge on any atom is -0.486 e. The van der Waals surface area contributed by atoms with E-state index in [1.54, 1.807) is 10.8 Å². The maximum Gasteiger partial charge on any atom is 0.177 e. The Bertz CT molecular complexity index is 803. The van der Waals surface area contributed by atoms with Gasteiger partial charge in [0.25, 0.3) is 0 Å². The molecule has 0 saturated carbocycles. The smallest absolute Gasteiger partial charge is 0.177 e. The number of hydrogen-bond donors (Lipinski definition) is 0. The second kappa shape index (κ2) is 5.18. The predicted molar refractivity (Wildman–Crippen MR) is 80.4 cm³/mol. The van der Waals surface area contributed by atoms with Gasteiger partial charge in [0.1, 0.15) is 18.8 Å². The molecule has 0 unspecified atom stereocenters. The van der Waals surface area contributed by atoms with Gasteiger partial charge in [-0.3, -0.25) is 0 Å². The Hall–Kier alpha value is -2.83. The van der Waals surface area contributed by atoms with Crippen LogP contribution in [0.3, 0.4) is 0 Å². The molecule has 0 radical (unpaired) electrons. The fourth-order valence-corrected chi connectivity index (χ4v) is 2.47. The summed E-state index contributed by atoms with van der Waals surface area (Å²) >= 11 is 0. The first-order valence-electron chi connectivity index (χ1n) is 7.06. The number of fused-ring (bicyclic) bond motifs is 2. The Balaban J connectivity index is 1.49. The topological polar surface area (TPSA) is 64.8 Å². The molecule has 0 spiro atoms. The number of hydrogen-bond acceptors (Lipinski definition) is 6. The van der Waals surface area contributed by atoms with Crippen molar-refractivity contribution >= 4 is 11.5 Å². The lowest BCUT2D eigenvalue weighted by atomic mass is 10.2. The molecule has 0 N–H and O–H groups in total. The van der Waals surface area contributed by atoms with E-state index in [2.05, 4.69) is 15.3 Å². The van der Waals surface area contributed by atoms with Crippen LogP contribution in [0.15, 0.2) is 42.7 Å². The van der Waals surface area contributed by atoms with Gasteiger partial charge in [-0.2, -0.15) is 4.52 Å². The summed E-state index contributed by atoms with van der Waals surface area (Å²) in [4.78, 5) is 2.03. The molecule has 22 heavy (non-hydrogen) atoms. The van der Waals surface area contributed by atoms with Gasteiger partial charge in [0.05, 0.1) is 6.54 Å². The van der Waals surface area contributed by atoms with E-state index in [0.29, 0.717) is 13.2 Å². The summed E-state index contributed by atoms with van der Waals surface area (Å²) in [6, 6.07) is 11.5. The Kier molecular flexibility index (Phi) is 3.03. The second-order valence-electron chi connectivity index (χ2n) is 5.20. The van der Waals surface area contributed by atoms with E-state index in [-0.39, 0.29) is 6.10 Å². The van der Waals surface area contributed by atoms with Crippen LogP contribution >= 0.6 is 0 Å². The van der Waals surface area contributed by atoms with Crippen LogP contribution in [-0.4, -0.2) is 46.1 Å². The van der Waals surface area contributed by atoms with E-state index in [4.69, 9.17) is 9.47 Å². The van der Waals surface area contributed by atoms with Crippen molar-refractivity contribution in [2.45, 2.75) is 6.10 Å². The van der Waals surface area contributed by atoms with Crippen molar-refractivity contribution in [3.8, 4) is 11.5 Å². The number of anilines is 1. The Morgan fingerprint density at radius 1 is 1.23 bits per heavy atom. The van der Waals surface area contributed by atoms with Crippen LogP contribution in [-0.2, 0) is 0 Å². The highest BCUT2D eigenvalue weighted by Gasteiger charge is 2.22. The molecular formula is C15H15N5O2. The summed E-state index contributed by atoms with van der Waals surface area (Å²) in [5, 5.41) is 12.2. The first-order chi connectivity index (χ1) is 10.8. The third-order valence-electron chi connectivity index (χ3n) is 3.58. The maximum absolute atomic E-state index is 5.97. The van der Waals surface area contributed by atoms with Crippen LogP contribution in [0.2, 0.25) is 0 Å². The average molecular weight is 297 g/mol. The highest BCUT2D eigenvalue weighted by atomic mass is 16.6. The van der Waals surface area contributed by atoms with Crippen molar-refractivity contribution in [2.24, 2.45) is 0 Å². The summed E-state index contributed by atoms with van der Waals surface area (Å²) in [5.74, 6) is 2.41. The second-order valence-corrected chi connectivity index (χ2v) is 5.20. The van der Waals surface area contributed by atoms with Crippen molar-refractivity contribution in [3.63, 3.8) is 0 Å². The number of rotatable bonds is 3. The highest BCUT2D eigenvalue weighted by molar-refractivity contribution is 5.45. The fourth-order valence-electron chi connectivity index (χ4n) is 2.47. The lowest BCUT2D eigenvalue weighted by Gasteiger charge is -2.29. The number of likely N-dealkylation sites (N-methyl/N-ethyl adjacent to an activating group) is 1. The van der Waals surface area contributed by atoms with Gasteiger partial charge in [-0.25, -0.2) is 0 Å². The molecule has 7 nitrogen and oxygen atoms in total. The van der Waals surface area contributed by atoms with Gasteiger partial charge in [0.2, 0.25) is 0 Å². The first-order valence-corrected chi connectivity index (χ1v) is 7.06. The number of ether oxygens (including phenoxy) is 2. The number of para-hydroxylation sites is 2. The molecule has 0 amide bonds. The average Bonchev–Trinajstić information content (AvgIpc) is 3.02. The predicted octanol–water partition coefficient (Wildman–Crippen LogP) is 1.40. The van der Waals surface area contributed by atoms with Gasteiger partial charge < -0.3 is 14.4 Å². The molecule has 1 aliphatic heterocycles. The summed E-state index contributed by atoms with van der Waals surface area (Å²) in [5.41, 5.74) is 0.725. The maximum atomic E-state index is 5.97. The Labute approximate surface area is 127 Å². The first kappa shape index (κ1) is 12.9. The molecule has 1 atom stereocenters. The SMILES string of the molecule is CN(C[C@H]1COc2ccccc2O1)c1ccc2nncn2n1. The fraction of sp³-hybridized carbons (Fsp3) is 0.267. The van der Waals surface area contributed by atoms with E-state index >= 15 is 0 Å². The molecule has 0 saturated heterocycles. The molecule has 0 bridgehead atoms. The Morgan fingerprint density at radius 3 is 3.00 bits per heavy atom. The van der Waals surface area contributed by atoms with Gasteiger partial charge in [-0.15, -0.1) is 15.3 Å². The minimum atomic E-state index is -0.0432. The van der Waals surface area contributed by atoms with E-state index in [9.17, 15) is 0 Å². The van der Waals surface area contributed by atoms with Gasteiger partial charge in [-0.1, -0.05) is 12.1 Å². The van der Waals surface area contributed by atoms with Gasteiger partial charge >= 0.3 is 0 Å². The van der Waals surface area contributed by atoms with Crippen LogP contribution < -0.4 is 14.4 Å². The molecule has 0 aliphatic carbocycles. The van der Waals surface area contributed by atoms with E-state index in [1.807, 2.05) is 48.3 Å². The van der Waals surface area contributed by atoms with Crippen LogP contribution in [0.5, 0.6) is 11.5 Å². The van der Waals surface area contributed by atoms with Crippen LogP contribution in [0.25, 0.3) is 5.65 Å². The molecule has 112 valence electrons. The third-order valence-corrected chi connectivity index (χ3v) is 3.58. The molecule has 1 aliphatic rings. The number of aromatic nitrogens is 4. The van der Waals surface area contributed by atoms with Crippen LogP contribution in [0.1, 0.15) is 0 Å². The summed E-state index contributed by atoms with van der Waals surface area (Å²) < 4.78 is 13.4. The van der Waals surface area contributed by atoms with E-state index < -0.39 is 0 Å². The summed E-state index contributed by atoms with van der Waals surface area (Å²) in [6.07, 6.45) is 1.54. The quantitative estimate of drug-likeness (QED) is 0.728. The zero-order valence-corrected chi connectivity index (χ0v) is 12.1. The molecule has 4 rings (SSSR count). The molecule has 0 fully saturated rings. The van der Waals surface area contributed by atoms with Crippen molar-refractivity contribution in [1.29, 1.82) is 0 Å². The Morgan fingerprint density at radius 2 is 2.09 bits per heavy atom. The molecule has 1 aromatic carbocycles. The van der Waals surface area contributed by atoms with Crippen molar-refractivity contribution in [2.75, 3.05) is 25.1 Å². The van der Waals surface area contributed by atoms with Crippen molar-refractivity contribution in [3.05, 3.63) is 42.7 Å². The minimum absolute atomic E-state index is 0.0432. The normalized spacial score (nSPS) is 16.7. The molecule has 3 aromatic rings. The van der Waals surface area contributed by atoms with Crippen molar-refractivity contribution < 1.29 is 9.47 Å². The van der Waals surface area contributed by atoms with Gasteiger partial charge in [-0.05, 0) is 24.3 Å². The standard InChI is InChI=1S/C15H15N5O2/c1-19(15-7-6-14-17-16-10-20(14)18-15)8-11-9-21-12-4-2-3-5-13(12)22-11/h2-7,10-11H,8-9H2,1H3/t11-/m0/s1. The molecule has 3 heterocycles. The lowest BCUT2D eigenvalue weighted by Crippen LogP contribution is -2.39. The van der Waals surface area contributed by atoms with Gasteiger partial charge in [0, 0.05) is 7.05 Å². The van der Waals surface area contributed by atoms with Gasteiger partial charge in [0.15, 0.2) is 23.3 Å². The van der Waals surface area contributed by atoms with Crippen LogP contribution in [0, 0.1) is 0 Å². The highest BCUT2D eigenvalue weighted by Crippen LogP contribution is 2.31. The summed E-state index contributed by atoms with van der Waals surface area (Å²) in [7, 11) is 1.97.